The lowest BCUT2D eigenvalue weighted by Crippen LogP contribution is -3.61. The highest BCUT2D eigenvalue weighted by Gasteiger charge is 2.15. The minimum Gasteiger partial charge on any atom is -0.0648 e. The van der Waals surface area contributed by atoms with Crippen molar-refractivity contribution in [2.45, 2.75) is 33.1 Å². The maximum atomic E-state index is 2.31. The van der Waals surface area contributed by atoms with Gasteiger partial charge in [-0.1, -0.05) is 43.7 Å². The molecule has 0 heterocycles. The van der Waals surface area contributed by atoms with Gasteiger partial charge in [0.2, 0.25) is 0 Å². The first-order chi connectivity index (χ1) is 8.69. The van der Waals surface area contributed by atoms with Gasteiger partial charge in [0.15, 0.2) is 7.14 Å². The summed E-state index contributed by atoms with van der Waals surface area (Å²) in [7, 11) is 0. The molecule has 0 aliphatic rings. The highest BCUT2D eigenvalue weighted by atomic mass is 127. The molecule has 0 nitrogen and oxygen atoms in total. The van der Waals surface area contributed by atoms with Crippen LogP contribution in [0.15, 0.2) is 48.5 Å². The van der Waals surface area contributed by atoms with Crippen molar-refractivity contribution in [1.29, 1.82) is 0 Å². The maximum absolute atomic E-state index is 2.31. The van der Waals surface area contributed by atoms with E-state index < -0.39 is 0 Å². The Hall–Kier alpha value is -0.830. The maximum Gasteiger partial charge on any atom is 0.357 e. The topological polar surface area (TPSA) is 0 Å². The molecule has 0 bridgehead atoms. The van der Waals surface area contributed by atoms with Gasteiger partial charge in [-0.3, -0.25) is 0 Å². The third kappa shape index (κ3) is 3.58. The highest BCUT2D eigenvalue weighted by molar-refractivity contribution is 5.18. The van der Waals surface area contributed by atoms with Crippen molar-refractivity contribution in [3.63, 3.8) is 0 Å². The number of halogens is 1. The molecule has 0 radical (unpaired) electrons. The summed E-state index contributed by atoms with van der Waals surface area (Å²) in [6, 6.07) is 18.2. The van der Waals surface area contributed by atoms with E-state index in [1.807, 2.05) is 0 Å². The molecule has 0 amide bonds. The molecular formula is C17H20I+. The average molecular weight is 351 g/mol. The summed E-state index contributed by atoms with van der Waals surface area (Å²) in [5.41, 5.74) is 2.81. The predicted octanol–water partition coefficient (Wildman–Crippen LogP) is 1.64. The van der Waals surface area contributed by atoms with E-state index in [-0.39, 0.29) is 21.2 Å². The highest BCUT2D eigenvalue weighted by Crippen LogP contribution is 2.17. The minimum absolute atomic E-state index is 0.0212. The number of hydrogen-bond donors (Lipinski definition) is 0. The molecule has 0 aliphatic carbocycles. The number of rotatable bonds is 4. The van der Waals surface area contributed by atoms with Crippen molar-refractivity contribution in [2.24, 2.45) is 0 Å². The van der Waals surface area contributed by atoms with Gasteiger partial charge in [-0.25, -0.2) is 0 Å². The molecule has 0 fully saturated rings. The first kappa shape index (κ1) is 13.6. The van der Waals surface area contributed by atoms with E-state index in [1.54, 1.807) is 0 Å². The summed E-state index contributed by atoms with van der Waals surface area (Å²) < 4.78 is 3.00. The Bertz CT molecular complexity index is 482. The van der Waals surface area contributed by atoms with Crippen LogP contribution in [0.2, 0.25) is 0 Å². The van der Waals surface area contributed by atoms with Crippen LogP contribution in [0, 0.1) is 14.1 Å². The third-order valence-electron chi connectivity index (χ3n) is 3.28. The smallest absolute Gasteiger partial charge is 0.0648 e. The largest absolute Gasteiger partial charge is 0.357 e. The van der Waals surface area contributed by atoms with Crippen LogP contribution in [0.25, 0.3) is 0 Å². The number of benzene rings is 2. The normalized spacial score (nSPS) is 12.4. The fourth-order valence-corrected chi connectivity index (χ4v) is 3.97. The lowest BCUT2D eigenvalue weighted by atomic mass is 9.99. The molecule has 18 heavy (non-hydrogen) atoms. The van der Waals surface area contributed by atoms with Crippen molar-refractivity contribution in [3.05, 3.63) is 66.8 Å². The first-order valence-electron chi connectivity index (χ1n) is 6.50. The van der Waals surface area contributed by atoms with Gasteiger partial charge in [-0.05, 0) is 49.1 Å². The molecular weight excluding hydrogens is 331 g/mol. The second-order valence-corrected chi connectivity index (χ2v) is 7.78. The molecule has 1 unspecified atom stereocenters. The average Bonchev–Trinajstić information content (AvgIpc) is 2.41. The lowest BCUT2D eigenvalue weighted by Gasteiger charge is -2.07. The van der Waals surface area contributed by atoms with E-state index in [0.29, 0.717) is 5.92 Å². The van der Waals surface area contributed by atoms with Gasteiger partial charge in [0.05, 0.1) is 0 Å². The van der Waals surface area contributed by atoms with Gasteiger partial charge in [0.25, 0.3) is 0 Å². The van der Waals surface area contributed by atoms with E-state index >= 15 is 0 Å². The van der Waals surface area contributed by atoms with Crippen LogP contribution < -0.4 is 21.2 Å². The van der Waals surface area contributed by atoms with Crippen LogP contribution in [0.4, 0.5) is 0 Å². The molecule has 1 atom stereocenters. The fourth-order valence-electron chi connectivity index (χ4n) is 1.81. The summed E-state index contributed by atoms with van der Waals surface area (Å²) in [5, 5.41) is 0. The summed E-state index contributed by atoms with van der Waals surface area (Å²) in [6.07, 6.45) is 1.21. The molecule has 0 aliphatic heterocycles. The zero-order valence-corrected chi connectivity index (χ0v) is 13.4. The van der Waals surface area contributed by atoms with E-state index in [4.69, 9.17) is 0 Å². The molecule has 94 valence electrons. The van der Waals surface area contributed by atoms with Gasteiger partial charge in [-0.15, -0.1) is 0 Å². The minimum atomic E-state index is -0.0212. The van der Waals surface area contributed by atoms with Gasteiger partial charge >= 0.3 is 21.2 Å². The van der Waals surface area contributed by atoms with Gasteiger partial charge < -0.3 is 0 Å². The van der Waals surface area contributed by atoms with Crippen LogP contribution in [-0.2, 0) is 0 Å². The van der Waals surface area contributed by atoms with Crippen molar-refractivity contribution in [3.8, 4) is 0 Å². The molecule has 0 saturated heterocycles. The number of hydrogen-bond acceptors (Lipinski definition) is 0. The quantitative estimate of drug-likeness (QED) is 0.735. The summed E-state index contributed by atoms with van der Waals surface area (Å²) in [6.45, 7) is 6.69. The molecule has 2 aromatic carbocycles. The Kier molecular flexibility index (Phi) is 4.81. The predicted molar refractivity (Wildman–Crippen MR) is 73.7 cm³/mol. The zero-order chi connectivity index (χ0) is 13.0. The Morgan fingerprint density at radius 3 is 1.89 bits per heavy atom. The van der Waals surface area contributed by atoms with Gasteiger partial charge in [0, 0.05) is 0 Å². The monoisotopic (exact) mass is 351 g/mol. The Balaban J connectivity index is 2.08. The molecule has 1 heteroatoms. The molecule has 0 saturated carbocycles. The second-order valence-electron chi connectivity index (χ2n) is 4.75. The second kappa shape index (κ2) is 6.37. The van der Waals surface area contributed by atoms with E-state index in [0.717, 1.165) is 0 Å². The SMILES string of the molecule is CCC(C)c1ccc([I+]c2ccc(C)cc2)cc1. The van der Waals surface area contributed by atoms with Crippen molar-refractivity contribution in [2.75, 3.05) is 0 Å². The van der Waals surface area contributed by atoms with E-state index in [9.17, 15) is 0 Å². The van der Waals surface area contributed by atoms with Gasteiger partial charge in [0.1, 0.15) is 0 Å². The lowest BCUT2D eigenvalue weighted by molar-refractivity contribution is -0.597. The van der Waals surface area contributed by atoms with Crippen LogP contribution in [0.3, 0.4) is 0 Å². The Morgan fingerprint density at radius 2 is 1.39 bits per heavy atom. The van der Waals surface area contributed by atoms with Crippen molar-refractivity contribution in [1.82, 2.24) is 0 Å². The van der Waals surface area contributed by atoms with Crippen molar-refractivity contribution < 1.29 is 21.2 Å². The molecule has 2 aromatic rings. The Labute approximate surface area is 121 Å². The van der Waals surface area contributed by atoms with Crippen LogP contribution >= 0.6 is 0 Å². The fraction of sp³-hybridized carbons (Fsp3) is 0.294. The molecule has 0 spiro atoms. The summed E-state index contributed by atoms with van der Waals surface area (Å²) >= 11 is -0.0212. The zero-order valence-electron chi connectivity index (χ0n) is 11.3. The molecule has 0 N–H and O–H groups in total. The summed E-state index contributed by atoms with van der Waals surface area (Å²) in [4.78, 5) is 0. The third-order valence-corrected chi connectivity index (χ3v) is 5.96. The van der Waals surface area contributed by atoms with E-state index in [2.05, 4.69) is 69.3 Å². The standard InChI is InChI=1S/C17H20I/c1-4-14(3)15-7-11-17(12-8-15)18-16-9-5-13(2)6-10-16/h5-12,14H,4H2,1-3H3/q+1. The Morgan fingerprint density at radius 1 is 0.889 bits per heavy atom. The molecule has 2 rings (SSSR count). The number of aryl methyl sites for hydroxylation is 1. The van der Waals surface area contributed by atoms with Crippen LogP contribution in [0.1, 0.15) is 37.3 Å². The molecule has 0 aromatic heterocycles. The van der Waals surface area contributed by atoms with Crippen molar-refractivity contribution >= 4 is 0 Å². The van der Waals surface area contributed by atoms with Crippen LogP contribution in [-0.4, -0.2) is 0 Å². The van der Waals surface area contributed by atoms with Crippen LogP contribution in [0.5, 0.6) is 0 Å². The summed E-state index contributed by atoms with van der Waals surface area (Å²) in [5.74, 6) is 0.677. The van der Waals surface area contributed by atoms with Gasteiger partial charge in [-0.2, -0.15) is 0 Å². The van der Waals surface area contributed by atoms with E-state index in [1.165, 1.54) is 24.7 Å². The first-order valence-corrected chi connectivity index (χ1v) is 8.66.